The van der Waals surface area contributed by atoms with Crippen molar-refractivity contribution in [3.63, 3.8) is 0 Å². The third-order valence-corrected chi connectivity index (χ3v) is 6.50. The third-order valence-electron chi connectivity index (χ3n) is 5.18. The molecule has 1 saturated carbocycles. The van der Waals surface area contributed by atoms with E-state index in [9.17, 15) is 13.2 Å². The van der Waals surface area contributed by atoms with Crippen molar-refractivity contribution in [2.45, 2.75) is 51.2 Å². The van der Waals surface area contributed by atoms with Crippen LogP contribution in [0.15, 0.2) is 54.6 Å². The number of nitrogens with one attached hydrogen (secondary N) is 2. The minimum Gasteiger partial charge on any atom is -0.490 e. The van der Waals surface area contributed by atoms with Gasteiger partial charge in [-0.25, -0.2) is 13.1 Å². The Kier molecular flexibility index (Phi) is 8.28. The Balaban J connectivity index is 1.35. The zero-order chi connectivity index (χ0) is 21.2. The van der Waals surface area contributed by atoms with E-state index in [1.165, 1.54) is 12.8 Å². The van der Waals surface area contributed by atoms with Crippen molar-refractivity contribution in [2.75, 3.05) is 12.3 Å². The maximum atomic E-state index is 12.1. The third kappa shape index (κ3) is 7.80. The predicted molar refractivity (Wildman–Crippen MR) is 118 cm³/mol. The molecule has 0 atom stereocenters. The van der Waals surface area contributed by atoms with E-state index in [0.29, 0.717) is 18.9 Å². The zero-order valence-electron chi connectivity index (χ0n) is 17.2. The van der Waals surface area contributed by atoms with Gasteiger partial charge in [-0.3, -0.25) is 4.79 Å². The summed E-state index contributed by atoms with van der Waals surface area (Å²) < 4.78 is 32.7. The van der Waals surface area contributed by atoms with Crippen LogP contribution in [0.25, 0.3) is 0 Å². The molecule has 1 amide bonds. The second-order valence-corrected chi connectivity index (χ2v) is 9.57. The van der Waals surface area contributed by atoms with Gasteiger partial charge in [0.15, 0.2) is 0 Å². The highest BCUT2D eigenvalue weighted by Crippen LogP contribution is 2.24. The number of sulfonamides is 1. The van der Waals surface area contributed by atoms with Crippen LogP contribution in [-0.2, 0) is 27.8 Å². The smallest absolute Gasteiger partial charge is 0.220 e. The Bertz CT molecular complexity index is 910. The summed E-state index contributed by atoms with van der Waals surface area (Å²) in [5.41, 5.74) is 1.93. The average molecular weight is 431 g/mol. The fourth-order valence-electron chi connectivity index (χ4n) is 3.51. The van der Waals surface area contributed by atoms with E-state index in [1.54, 1.807) is 0 Å². The average Bonchev–Trinajstić information content (AvgIpc) is 3.25. The van der Waals surface area contributed by atoms with Crippen molar-refractivity contribution in [3.8, 4) is 5.75 Å². The van der Waals surface area contributed by atoms with E-state index < -0.39 is 10.0 Å². The molecule has 1 aliphatic carbocycles. The summed E-state index contributed by atoms with van der Waals surface area (Å²) in [5, 5.41) is 2.69. The number of benzene rings is 2. The molecule has 0 radical (unpaired) electrons. The molecule has 0 saturated heterocycles. The van der Waals surface area contributed by atoms with Gasteiger partial charge in [0.1, 0.15) is 5.75 Å². The molecule has 1 aliphatic rings. The summed E-state index contributed by atoms with van der Waals surface area (Å²) in [6.45, 7) is 0.337. The number of aryl methyl sites for hydroxylation is 1. The Morgan fingerprint density at radius 3 is 2.50 bits per heavy atom. The molecule has 3 rings (SSSR count). The molecular formula is C23H30N2O4S. The lowest BCUT2D eigenvalue weighted by Gasteiger charge is -2.14. The fourth-order valence-corrected chi connectivity index (χ4v) is 4.41. The van der Waals surface area contributed by atoms with Crippen LogP contribution in [0.4, 0.5) is 0 Å². The molecule has 1 fully saturated rings. The highest BCUT2D eigenvalue weighted by Gasteiger charge is 2.16. The SMILES string of the molecule is O=C(CCc1cccc(OC2CCCC2)c1)NCCS(=O)(=O)NCc1ccccc1. The maximum absolute atomic E-state index is 12.1. The predicted octanol–water partition coefficient (Wildman–Crippen LogP) is 3.18. The van der Waals surface area contributed by atoms with Crippen LogP contribution in [-0.4, -0.2) is 32.7 Å². The first-order chi connectivity index (χ1) is 14.5. The zero-order valence-corrected chi connectivity index (χ0v) is 18.0. The molecule has 0 unspecified atom stereocenters. The van der Waals surface area contributed by atoms with Gasteiger partial charge in [-0.1, -0.05) is 42.5 Å². The van der Waals surface area contributed by atoms with Gasteiger partial charge >= 0.3 is 0 Å². The number of amides is 1. The molecule has 2 aromatic rings. The van der Waals surface area contributed by atoms with Crippen molar-refractivity contribution in [3.05, 3.63) is 65.7 Å². The first-order valence-corrected chi connectivity index (χ1v) is 12.2. The van der Waals surface area contributed by atoms with Gasteiger partial charge in [0.25, 0.3) is 0 Å². The number of rotatable bonds is 11. The lowest BCUT2D eigenvalue weighted by atomic mass is 10.1. The molecule has 6 nitrogen and oxygen atoms in total. The van der Waals surface area contributed by atoms with Crippen LogP contribution in [0.1, 0.15) is 43.2 Å². The summed E-state index contributed by atoms with van der Waals surface area (Å²) in [6, 6.07) is 17.2. The summed E-state index contributed by atoms with van der Waals surface area (Å²) in [4.78, 5) is 12.1. The van der Waals surface area contributed by atoms with E-state index in [1.807, 2.05) is 54.6 Å². The highest BCUT2D eigenvalue weighted by molar-refractivity contribution is 7.89. The van der Waals surface area contributed by atoms with E-state index >= 15 is 0 Å². The van der Waals surface area contributed by atoms with Crippen LogP contribution in [0, 0.1) is 0 Å². The summed E-state index contributed by atoms with van der Waals surface area (Å²) >= 11 is 0. The van der Waals surface area contributed by atoms with Crippen LogP contribution in [0.5, 0.6) is 5.75 Å². The first kappa shape index (κ1) is 22.3. The molecule has 2 N–H and O–H groups in total. The topological polar surface area (TPSA) is 84.5 Å². The Morgan fingerprint density at radius 2 is 1.73 bits per heavy atom. The largest absolute Gasteiger partial charge is 0.490 e. The lowest BCUT2D eigenvalue weighted by Crippen LogP contribution is -2.34. The van der Waals surface area contributed by atoms with Crippen molar-refractivity contribution in [1.29, 1.82) is 0 Å². The van der Waals surface area contributed by atoms with E-state index in [-0.39, 0.29) is 24.7 Å². The van der Waals surface area contributed by atoms with E-state index in [0.717, 1.165) is 29.7 Å². The number of hydrogen-bond acceptors (Lipinski definition) is 4. The summed E-state index contributed by atoms with van der Waals surface area (Å²) in [5.74, 6) is 0.557. The lowest BCUT2D eigenvalue weighted by molar-refractivity contribution is -0.120. The second kappa shape index (κ2) is 11.1. The molecule has 0 bridgehead atoms. The molecule has 30 heavy (non-hydrogen) atoms. The van der Waals surface area contributed by atoms with Crippen molar-refractivity contribution < 1.29 is 17.9 Å². The van der Waals surface area contributed by atoms with Crippen molar-refractivity contribution in [1.82, 2.24) is 10.0 Å². The molecule has 2 aromatic carbocycles. The van der Waals surface area contributed by atoms with Gasteiger partial charge < -0.3 is 10.1 Å². The number of carbonyl (C=O) groups is 1. The monoisotopic (exact) mass is 430 g/mol. The number of hydrogen-bond donors (Lipinski definition) is 2. The molecule has 0 aliphatic heterocycles. The minimum atomic E-state index is -3.44. The van der Waals surface area contributed by atoms with Gasteiger partial charge in [0.05, 0.1) is 11.9 Å². The van der Waals surface area contributed by atoms with E-state index in [2.05, 4.69) is 10.0 Å². The maximum Gasteiger partial charge on any atom is 0.220 e. The normalized spacial score (nSPS) is 14.5. The Morgan fingerprint density at radius 1 is 1.00 bits per heavy atom. The number of carbonyl (C=O) groups excluding carboxylic acids is 1. The quantitative estimate of drug-likeness (QED) is 0.573. The standard InChI is InChI=1S/C23H30N2O4S/c26-23(24-15-16-30(27,28)25-18-20-7-2-1-3-8-20)14-13-19-9-6-12-22(17-19)29-21-10-4-5-11-21/h1-3,6-9,12,17,21,25H,4-5,10-11,13-16,18H2,(H,24,26). The van der Waals surface area contributed by atoms with Gasteiger partial charge in [-0.2, -0.15) is 0 Å². The van der Waals surface area contributed by atoms with Gasteiger partial charge in [0.2, 0.25) is 15.9 Å². The molecule has 0 heterocycles. The van der Waals surface area contributed by atoms with Crippen LogP contribution < -0.4 is 14.8 Å². The van der Waals surface area contributed by atoms with Crippen LogP contribution in [0.3, 0.4) is 0 Å². The van der Waals surface area contributed by atoms with Gasteiger partial charge in [0, 0.05) is 19.5 Å². The second-order valence-electron chi connectivity index (χ2n) is 7.65. The Labute approximate surface area is 179 Å². The number of ether oxygens (including phenoxy) is 1. The molecule has 7 heteroatoms. The van der Waals surface area contributed by atoms with Crippen molar-refractivity contribution >= 4 is 15.9 Å². The van der Waals surface area contributed by atoms with Gasteiger partial charge in [-0.05, 0) is 55.4 Å². The molecule has 0 spiro atoms. The van der Waals surface area contributed by atoms with Crippen molar-refractivity contribution in [2.24, 2.45) is 0 Å². The summed E-state index contributed by atoms with van der Waals surface area (Å²) in [7, 11) is -3.44. The first-order valence-electron chi connectivity index (χ1n) is 10.5. The Hall–Kier alpha value is -2.38. The molecular weight excluding hydrogens is 400 g/mol. The minimum absolute atomic E-state index is 0.0911. The highest BCUT2D eigenvalue weighted by atomic mass is 32.2. The fraction of sp³-hybridized carbons (Fsp3) is 0.435. The van der Waals surface area contributed by atoms with E-state index in [4.69, 9.17) is 4.74 Å². The summed E-state index contributed by atoms with van der Waals surface area (Å²) in [6.07, 6.45) is 5.87. The van der Waals surface area contributed by atoms with Crippen LogP contribution in [0.2, 0.25) is 0 Å². The van der Waals surface area contributed by atoms with Gasteiger partial charge in [-0.15, -0.1) is 0 Å². The molecule has 0 aromatic heterocycles. The molecule has 162 valence electrons. The van der Waals surface area contributed by atoms with Crippen LogP contribution >= 0.6 is 0 Å².